The van der Waals surface area contributed by atoms with E-state index in [1.165, 1.54) is 0 Å². The van der Waals surface area contributed by atoms with Crippen LogP contribution in [-0.4, -0.2) is 28.4 Å². The van der Waals surface area contributed by atoms with Crippen LogP contribution in [0.3, 0.4) is 0 Å². The number of thiazole rings is 1. The first-order valence-corrected chi connectivity index (χ1v) is 8.52. The normalized spacial score (nSPS) is 18.2. The summed E-state index contributed by atoms with van der Waals surface area (Å²) in [7, 11) is 0. The Morgan fingerprint density at radius 2 is 2.38 bits per heavy atom. The van der Waals surface area contributed by atoms with E-state index in [1.807, 2.05) is 34.5 Å². The summed E-state index contributed by atoms with van der Waals surface area (Å²) in [5, 5.41) is 2.87. The van der Waals surface area contributed by atoms with Crippen molar-refractivity contribution in [2.45, 2.75) is 31.7 Å². The zero-order valence-corrected chi connectivity index (χ0v) is 13.5. The Kier molecular flexibility index (Phi) is 4.27. The van der Waals surface area contributed by atoms with Crippen molar-refractivity contribution >= 4 is 28.8 Å². The fourth-order valence-electron chi connectivity index (χ4n) is 2.69. The zero-order chi connectivity index (χ0) is 14.8. The van der Waals surface area contributed by atoms with Crippen LogP contribution in [0.5, 0.6) is 0 Å². The van der Waals surface area contributed by atoms with Crippen molar-refractivity contribution in [1.29, 1.82) is 0 Å². The van der Waals surface area contributed by atoms with E-state index in [9.17, 15) is 4.79 Å². The summed E-state index contributed by atoms with van der Waals surface area (Å²) in [5.74, 6) is 0.538. The van der Waals surface area contributed by atoms with Crippen LogP contribution in [-0.2, 0) is 5.88 Å². The quantitative estimate of drug-likeness (QED) is 0.795. The molecule has 1 fully saturated rings. The van der Waals surface area contributed by atoms with Gasteiger partial charge in [0.15, 0.2) is 0 Å². The number of nitrogens with zero attached hydrogens (tertiary/aromatic N) is 2. The fraction of sp³-hybridized carbons (Fsp3) is 0.375. The number of aromatic nitrogens is 1. The molecule has 0 bridgehead atoms. The van der Waals surface area contributed by atoms with Gasteiger partial charge in [-0.1, -0.05) is 12.1 Å². The van der Waals surface area contributed by atoms with Crippen LogP contribution in [0.2, 0.25) is 0 Å². The van der Waals surface area contributed by atoms with Crippen LogP contribution in [0, 0.1) is 0 Å². The number of carbonyl (C=O) groups excluding carboxylic acids is 1. The Morgan fingerprint density at radius 1 is 1.52 bits per heavy atom. The van der Waals surface area contributed by atoms with Crippen molar-refractivity contribution in [3.63, 3.8) is 0 Å². The van der Waals surface area contributed by atoms with E-state index in [0.717, 1.165) is 41.2 Å². The molecule has 0 saturated carbocycles. The van der Waals surface area contributed by atoms with Gasteiger partial charge in [-0.05, 0) is 31.9 Å². The summed E-state index contributed by atoms with van der Waals surface area (Å²) in [6, 6.07) is 8.06. The molecular weight excluding hydrogens is 304 g/mol. The van der Waals surface area contributed by atoms with E-state index in [4.69, 9.17) is 11.6 Å². The third kappa shape index (κ3) is 2.97. The molecule has 0 aliphatic carbocycles. The lowest BCUT2D eigenvalue weighted by Crippen LogP contribution is -2.33. The number of hydrogen-bond acceptors (Lipinski definition) is 3. The summed E-state index contributed by atoms with van der Waals surface area (Å²) in [6.07, 6.45) is 2.19. The van der Waals surface area contributed by atoms with E-state index >= 15 is 0 Å². The van der Waals surface area contributed by atoms with Crippen molar-refractivity contribution in [3.05, 3.63) is 40.9 Å². The van der Waals surface area contributed by atoms with Crippen LogP contribution >= 0.6 is 22.9 Å². The molecule has 0 N–H and O–H groups in total. The molecule has 1 aliphatic rings. The first kappa shape index (κ1) is 14.5. The maximum absolute atomic E-state index is 12.6. The molecule has 0 radical (unpaired) electrons. The second-order valence-corrected chi connectivity index (χ2v) is 6.47. The van der Waals surface area contributed by atoms with Gasteiger partial charge in [-0.25, -0.2) is 4.98 Å². The van der Waals surface area contributed by atoms with Crippen molar-refractivity contribution in [2.24, 2.45) is 0 Å². The molecule has 1 atom stereocenters. The number of rotatable bonds is 3. The Labute approximate surface area is 133 Å². The fourth-order valence-corrected chi connectivity index (χ4v) is 3.73. The molecule has 1 saturated heterocycles. The zero-order valence-electron chi connectivity index (χ0n) is 11.9. The van der Waals surface area contributed by atoms with Crippen molar-refractivity contribution < 1.29 is 4.79 Å². The molecule has 3 nitrogen and oxygen atoms in total. The first-order chi connectivity index (χ1) is 10.2. The minimum Gasteiger partial charge on any atom is -0.336 e. The van der Waals surface area contributed by atoms with Gasteiger partial charge in [0.2, 0.25) is 0 Å². The number of carbonyl (C=O) groups is 1. The molecular formula is C16H17ClN2OS. The van der Waals surface area contributed by atoms with E-state index in [2.05, 4.69) is 11.9 Å². The van der Waals surface area contributed by atoms with Gasteiger partial charge in [0.25, 0.3) is 5.91 Å². The van der Waals surface area contributed by atoms with Crippen molar-refractivity contribution in [1.82, 2.24) is 9.88 Å². The summed E-state index contributed by atoms with van der Waals surface area (Å²) in [6.45, 7) is 2.97. The molecule has 1 amide bonds. The van der Waals surface area contributed by atoms with Crippen LogP contribution in [0.1, 0.15) is 35.8 Å². The lowest BCUT2D eigenvalue weighted by molar-refractivity contribution is 0.0747. The predicted molar refractivity (Wildman–Crippen MR) is 86.8 cm³/mol. The third-order valence-corrected chi connectivity index (χ3v) is 5.07. The molecule has 5 heteroatoms. The maximum atomic E-state index is 12.6. The van der Waals surface area contributed by atoms with Crippen molar-refractivity contribution in [2.75, 3.05) is 6.54 Å². The van der Waals surface area contributed by atoms with Gasteiger partial charge < -0.3 is 4.90 Å². The Balaban J connectivity index is 1.87. The van der Waals surface area contributed by atoms with Gasteiger partial charge in [0.05, 0.1) is 11.6 Å². The molecule has 2 aromatic rings. The van der Waals surface area contributed by atoms with E-state index in [-0.39, 0.29) is 5.91 Å². The SMILES string of the molecule is CC1CCCN1C(=O)c1cccc(-c2nc(CCl)cs2)c1. The number of likely N-dealkylation sites (tertiary alicyclic amines) is 1. The lowest BCUT2D eigenvalue weighted by Gasteiger charge is -2.21. The Hall–Kier alpha value is -1.39. The highest BCUT2D eigenvalue weighted by Crippen LogP contribution is 2.26. The number of benzene rings is 1. The number of halogens is 1. The molecule has 110 valence electrons. The minimum absolute atomic E-state index is 0.121. The van der Waals surface area contributed by atoms with Crippen LogP contribution in [0.15, 0.2) is 29.6 Å². The van der Waals surface area contributed by atoms with Gasteiger partial charge >= 0.3 is 0 Å². The Bertz CT molecular complexity index is 655. The monoisotopic (exact) mass is 320 g/mol. The van der Waals surface area contributed by atoms with Crippen molar-refractivity contribution in [3.8, 4) is 10.6 Å². The van der Waals surface area contributed by atoms with Gasteiger partial charge in [-0.15, -0.1) is 22.9 Å². The van der Waals surface area contributed by atoms with E-state index in [1.54, 1.807) is 11.3 Å². The number of amides is 1. The Morgan fingerprint density at radius 3 is 3.05 bits per heavy atom. The standard InChI is InChI=1S/C16H17ClN2OS/c1-11-4-3-7-19(11)16(20)13-6-2-5-12(8-13)15-18-14(9-17)10-21-15/h2,5-6,8,10-11H,3-4,7,9H2,1H3. The molecule has 3 rings (SSSR count). The molecule has 21 heavy (non-hydrogen) atoms. The lowest BCUT2D eigenvalue weighted by atomic mass is 10.1. The first-order valence-electron chi connectivity index (χ1n) is 7.11. The van der Waals surface area contributed by atoms with Gasteiger partial charge in [0.1, 0.15) is 5.01 Å². The highest BCUT2D eigenvalue weighted by atomic mass is 35.5. The molecule has 1 aromatic heterocycles. The van der Waals surface area contributed by atoms with Gasteiger partial charge in [-0.2, -0.15) is 0 Å². The smallest absolute Gasteiger partial charge is 0.254 e. The molecule has 1 unspecified atom stereocenters. The topological polar surface area (TPSA) is 33.2 Å². The molecule has 0 spiro atoms. The largest absolute Gasteiger partial charge is 0.336 e. The van der Waals surface area contributed by atoms with Gasteiger partial charge in [0, 0.05) is 29.1 Å². The second kappa shape index (κ2) is 6.16. The average Bonchev–Trinajstić information content (AvgIpc) is 3.15. The average molecular weight is 321 g/mol. The third-order valence-electron chi connectivity index (χ3n) is 3.86. The van der Waals surface area contributed by atoms with E-state index < -0.39 is 0 Å². The van der Waals surface area contributed by atoms with Gasteiger partial charge in [-0.3, -0.25) is 4.79 Å². The highest BCUT2D eigenvalue weighted by molar-refractivity contribution is 7.13. The molecule has 1 aromatic carbocycles. The van der Waals surface area contributed by atoms with Crippen LogP contribution < -0.4 is 0 Å². The second-order valence-electron chi connectivity index (χ2n) is 5.35. The number of alkyl halides is 1. The van der Waals surface area contributed by atoms with Crippen LogP contribution in [0.4, 0.5) is 0 Å². The molecule has 2 heterocycles. The molecule has 1 aliphatic heterocycles. The predicted octanol–water partition coefficient (Wildman–Crippen LogP) is 4.17. The summed E-state index contributed by atoms with van der Waals surface area (Å²) < 4.78 is 0. The summed E-state index contributed by atoms with van der Waals surface area (Å²) in [5.41, 5.74) is 2.60. The highest BCUT2D eigenvalue weighted by Gasteiger charge is 2.26. The van der Waals surface area contributed by atoms with E-state index in [0.29, 0.717) is 11.9 Å². The number of hydrogen-bond donors (Lipinski definition) is 0. The maximum Gasteiger partial charge on any atom is 0.254 e. The van der Waals surface area contributed by atoms with Crippen LogP contribution in [0.25, 0.3) is 10.6 Å². The minimum atomic E-state index is 0.121. The summed E-state index contributed by atoms with van der Waals surface area (Å²) >= 11 is 7.35. The summed E-state index contributed by atoms with van der Waals surface area (Å²) in [4.78, 5) is 19.0.